The molecule has 0 aliphatic heterocycles. The minimum atomic E-state index is 0.772. The summed E-state index contributed by atoms with van der Waals surface area (Å²) in [4.78, 5) is 4.31. The highest BCUT2D eigenvalue weighted by Gasteiger charge is 1.98. The topological polar surface area (TPSA) is 24.9 Å². The maximum Gasteiger partial charge on any atom is 0.0542 e. The van der Waals surface area contributed by atoms with Crippen LogP contribution in [-0.2, 0) is 13.1 Å². The van der Waals surface area contributed by atoms with Crippen LogP contribution in [0.25, 0.3) is 0 Å². The van der Waals surface area contributed by atoms with Crippen molar-refractivity contribution in [3.8, 4) is 0 Å². The van der Waals surface area contributed by atoms with Gasteiger partial charge in [0.2, 0.25) is 0 Å². The highest BCUT2D eigenvalue weighted by atomic mass is 79.9. The fourth-order valence-corrected chi connectivity index (χ4v) is 2.14. The number of halogens is 2. The summed E-state index contributed by atoms with van der Waals surface area (Å²) in [5, 5.41) is 3.37. The van der Waals surface area contributed by atoms with Gasteiger partial charge in [0.1, 0.15) is 0 Å². The molecule has 88 valence electrons. The Bertz CT molecular complexity index is 483. The fourth-order valence-electron chi connectivity index (χ4n) is 1.48. The molecule has 2 nitrogen and oxygen atoms in total. The number of hydrogen-bond acceptors (Lipinski definition) is 2. The molecule has 1 N–H and O–H groups in total. The van der Waals surface area contributed by atoms with Gasteiger partial charge >= 0.3 is 0 Å². The van der Waals surface area contributed by atoms with Crippen LogP contribution in [0.2, 0.25) is 0 Å². The van der Waals surface area contributed by atoms with E-state index < -0.39 is 0 Å². The molecule has 0 fully saturated rings. The highest BCUT2D eigenvalue weighted by Crippen LogP contribution is 2.15. The Hall–Kier alpha value is -0.710. The molecule has 0 aliphatic carbocycles. The summed E-state index contributed by atoms with van der Waals surface area (Å²) in [5.41, 5.74) is 2.30. The summed E-state index contributed by atoms with van der Waals surface area (Å²) in [6.07, 6.45) is 1.81. The predicted molar refractivity (Wildman–Crippen MR) is 76.6 cm³/mol. The predicted octanol–water partition coefficient (Wildman–Crippen LogP) is 3.90. The highest BCUT2D eigenvalue weighted by molar-refractivity contribution is 9.10. The van der Waals surface area contributed by atoms with Gasteiger partial charge in [0.15, 0.2) is 0 Å². The van der Waals surface area contributed by atoms with Crippen LogP contribution < -0.4 is 5.32 Å². The molecule has 1 aromatic heterocycles. The van der Waals surface area contributed by atoms with Gasteiger partial charge in [0.25, 0.3) is 0 Å². The summed E-state index contributed by atoms with van der Waals surface area (Å²) in [6.45, 7) is 1.60. The van der Waals surface area contributed by atoms with E-state index in [4.69, 9.17) is 0 Å². The van der Waals surface area contributed by atoms with Gasteiger partial charge in [-0.1, -0.05) is 34.1 Å². The van der Waals surface area contributed by atoms with Crippen molar-refractivity contribution in [1.29, 1.82) is 0 Å². The first kappa shape index (κ1) is 12.7. The Kier molecular flexibility index (Phi) is 4.71. The van der Waals surface area contributed by atoms with Crippen LogP contribution in [0.1, 0.15) is 11.3 Å². The molecule has 0 saturated carbocycles. The van der Waals surface area contributed by atoms with Crippen molar-refractivity contribution in [3.63, 3.8) is 0 Å². The molecule has 1 heterocycles. The van der Waals surface area contributed by atoms with Crippen LogP contribution in [0.15, 0.2) is 51.5 Å². The van der Waals surface area contributed by atoms with Gasteiger partial charge in [-0.05, 0) is 39.7 Å². The molecule has 0 saturated heterocycles. The second kappa shape index (κ2) is 6.28. The molecule has 1 aromatic carbocycles. The zero-order valence-corrected chi connectivity index (χ0v) is 12.3. The van der Waals surface area contributed by atoms with Crippen molar-refractivity contribution in [2.75, 3.05) is 0 Å². The number of nitrogens with one attached hydrogen (secondary N) is 1. The Labute approximate surface area is 118 Å². The van der Waals surface area contributed by atoms with Crippen molar-refractivity contribution in [3.05, 3.63) is 62.8 Å². The number of rotatable bonds is 4. The first-order valence-corrected chi connectivity index (χ1v) is 6.89. The van der Waals surface area contributed by atoms with E-state index in [1.807, 2.05) is 30.5 Å². The smallest absolute Gasteiger partial charge is 0.0542 e. The van der Waals surface area contributed by atoms with Gasteiger partial charge in [-0.2, -0.15) is 0 Å². The zero-order chi connectivity index (χ0) is 12.1. The van der Waals surface area contributed by atoms with Gasteiger partial charge < -0.3 is 5.32 Å². The minimum Gasteiger partial charge on any atom is -0.307 e. The molecule has 0 bridgehead atoms. The Morgan fingerprint density at radius 3 is 2.53 bits per heavy atom. The first-order valence-electron chi connectivity index (χ1n) is 5.30. The maximum atomic E-state index is 4.31. The lowest BCUT2D eigenvalue weighted by Crippen LogP contribution is -2.13. The average Bonchev–Trinajstić information content (AvgIpc) is 2.34. The molecular weight excluding hydrogens is 344 g/mol. The van der Waals surface area contributed by atoms with Gasteiger partial charge in [0, 0.05) is 28.2 Å². The van der Waals surface area contributed by atoms with Crippen LogP contribution in [0, 0.1) is 0 Å². The fraction of sp³-hybridized carbons (Fsp3) is 0.154. The summed E-state index contributed by atoms with van der Waals surface area (Å²) in [5.74, 6) is 0. The first-order chi connectivity index (χ1) is 8.25. The number of benzene rings is 1. The lowest BCUT2D eigenvalue weighted by atomic mass is 10.2. The lowest BCUT2D eigenvalue weighted by molar-refractivity contribution is 0.678. The van der Waals surface area contributed by atoms with E-state index in [9.17, 15) is 0 Å². The van der Waals surface area contributed by atoms with E-state index in [0.29, 0.717) is 0 Å². The lowest BCUT2D eigenvalue weighted by Gasteiger charge is -2.06. The van der Waals surface area contributed by atoms with Gasteiger partial charge in [-0.25, -0.2) is 0 Å². The van der Waals surface area contributed by atoms with E-state index in [2.05, 4.69) is 54.3 Å². The number of aromatic nitrogens is 1. The van der Waals surface area contributed by atoms with Crippen LogP contribution in [0.5, 0.6) is 0 Å². The molecule has 0 radical (unpaired) electrons. The third-order valence-corrected chi connectivity index (χ3v) is 3.61. The summed E-state index contributed by atoms with van der Waals surface area (Å²) in [7, 11) is 0. The van der Waals surface area contributed by atoms with Crippen molar-refractivity contribution in [2.45, 2.75) is 13.1 Å². The van der Waals surface area contributed by atoms with Crippen molar-refractivity contribution < 1.29 is 0 Å². The van der Waals surface area contributed by atoms with Crippen LogP contribution >= 0.6 is 31.9 Å². The van der Waals surface area contributed by atoms with Crippen molar-refractivity contribution >= 4 is 31.9 Å². The quantitative estimate of drug-likeness (QED) is 0.899. The zero-order valence-electron chi connectivity index (χ0n) is 9.16. The molecule has 0 unspecified atom stereocenters. The second-order valence-corrected chi connectivity index (χ2v) is 5.43. The van der Waals surface area contributed by atoms with Gasteiger partial charge in [-0.3, -0.25) is 4.98 Å². The van der Waals surface area contributed by atoms with Crippen molar-refractivity contribution in [2.24, 2.45) is 0 Å². The largest absolute Gasteiger partial charge is 0.307 e. The Morgan fingerprint density at radius 2 is 1.82 bits per heavy atom. The van der Waals surface area contributed by atoms with Gasteiger partial charge in [-0.15, -0.1) is 0 Å². The molecule has 2 rings (SSSR count). The number of hydrogen-bond donors (Lipinski definition) is 1. The standard InChI is InChI=1S/C13H12Br2N2/c14-11-5-6-12(17-8-11)9-16-7-10-3-1-2-4-13(10)15/h1-6,8,16H,7,9H2. The monoisotopic (exact) mass is 354 g/mol. The van der Waals surface area contributed by atoms with E-state index in [1.54, 1.807) is 0 Å². The third-order valence-electron chi connectivity index (χ3n) is 2.37. The number of nitrogens with zero attached hydrogens (tertiary/aromatic N) is 1. The summed E-state index contributed by atoms with van der Waals surface area (Å²) < 4.78 is 2.14. The summed E-state index contributed by atoms with van der Waals surface area (Å²) >= 11 is 6.90. The molecular formula is C13H12Br2N2. The molecule has 0 amide bonds. The van der Waals surface area contributed by atoms with Crippen LogP contribution in [0.4, 0.5) is 0 Å². The Balaban J connectivity index is 1.88. The van der Waals surface area contributed by atoms with Crippen molar-refractivity contribution in [1.82, 2.24) is 10.3 Å². The van der Waals surface area contributed by atoms with Crippen LogP contribution in [0.3, 0.4) is 0 Å². The second-order valence-electron chi connectivity index (χ2n) is 3.66. The van der Waals surface area contributed by atoms with E-state index in [-0.39, 0.29) is 0 Å². The van der Waals surface area contributed by atoms with Gasteiger partial charge in [0.05, 0.1) is 5.69 Å². The van der Waals surface area contributed by atoms with E-state index in [1.165, 1.54) is 5.56 Å². The molecule has 4 heteroatoms. The molecule has 0 atom stereocenters. The average molecular weight is 356 g/mol. The molecule has 0 aliphatic rings. The third kappa shape index (κ3) is 3.91. The number of pyridine rings is 1. The normalized spacial score (nSPS) is 10.5. The molecule has 0 spiro atoms. The SMILES string of the molecule is Brc1ccc(CNCc2ccccc2Br)nc1. The minimum absolute atomic E-state index is 0.772. The summed E-state index contributed by atoms with van der Waals surface area (Å²) in [6, 6.07) is 12.2. The molecule has 17 heavy (non-hydrogen) atoms. The van der Waals surface area contributed by atoms with Crippen LogP contribution in [-0.4, -0.2) is 4.98 Å². The van der Waals surface area contributed by atoms with E-state index >= 15 is 0 Å². The van der Waals surface area contributed by atoms with E-state index in [0.717, 1.165) is 27.7 Å². The molecule has 2 aromatic rings. The Morgan fingerprint density at radius 1 is 1.00 bits per heavy atom. The maximum absolute atomic E-state index is 4.31.